The van der Waals surface area contributed by atoms with Crippen LogP contribution in [-0.4, -0.2) is 51.0 Å². The summed E-state index contributed by atoms with van der Waals surface area (Å²) in [6.45, 7) is 4.07. The Morgan fingerprint density at radius 1 is 1.09 bits per heavy atom. The Kier molecular flexibility index (Phi) is 6.39. The zero-order chi connectivity index (χ0) is 22.8. The van der Waals surface area contributed by atoms with Crippen LogP contribution in [0.2, 0.25) is 0 Å². The molecule has 172 valence electrons. The van der Waals surface area contributed by atoms with E-state index in [9.17, 15) is 17.6 Å². The fraction of sp³-hybridized carbons (Fsp3) is 0.435. The van der Waals surface area contributed by atoms with Crippen molar-refractivity contribution in [2.24, 2.45) is 0 Å². The van der Waals surface area contributed by atoms with Crippen molar-refractivity contribution in [3.05, 3.63) is 59.9 Å². The maximum atomic E-state index is 15.0. The molecule has 1 amide bonds. The first-order chi connectivity index (χ1) is 15.3. The van der Waals surface area contributed by atoms with Crippen molar-refractivity contribution in [3.8, 4) is 0 Å². The number of amides is 1. The summed E-state index contributed by atoms with van der Waals surface area (Å²) < 4.78 is 48.1. The summed E-state index contributed by atoms with van der Waals surface area (Å²) in [5.74, 6) is -0.325. The van der Waals surface area contributed by atoms with Crippen LogP contribution >= 0.6 is 0 Å². The maximum Gasteiger partial charge on any atom is 0.360 e. The highest BCUT2D eigenvalue weighted by Crippen LogP contribution is 2.40. The minimum absolute atomic E-state index is 0.0497. The molecule has 0 unspecified atom stereocenters. The van der Waals surface area contributed by atoms with Crippen molar-refractivity contribution in [3.63, 3.8) is 0 Å². The van der Waals surface area contributed by atoms with Gasteiger partial charge in [-0.25, -0.2) is 8.57 Å². The summed E-state index contributed by atoms with van der Waals surface area (Å²) in [6.07, 6.45) is 2.13. The number of carbonyl (C=O) groups is 1. The number of para-hydroxylation sites is 1. The molecule has 1 saturated heterocycles. The second-order valence-corrected chi connectivity index (χ2v) is 9.77. The lowest BCUT2D eigenvalue weighted by atomic mass is 9.76. The quantitative estimate of drug-likeness (QED) is 0.684. The Morgan fingerprint density at radius 3 is 2.34 bits per heavy atom. The average Bonchev–Trinajstić information content (AvgIpc) is 2.73. The highest BCUT2D eigenvalue weighted by molar-refractivity contribution is 7.88. The predicted octanol–water partition coefficient (Wildman–Crippen LogP) is 3.33. The lowest BCUT2D eigenvalue weighted by Gasteiger charge is -2.40. The van der Waals surface area contributed by atoms with Crippen LogP contribution in [0.4, 0.5) is 15.8 Å². The summed E-state index contributed by atoms with van der Waals surface area (Å²) in [6, 6.07) is 13.6. The Labute approximate surface area is 188 Å². The first kappa shape index (κ1) is 22.5. The molecule has 0 atom stereocenters. The fourth-order valence-electron chi connectivity index (χ4n) is 4.27. The van der Waals surface area contributed by atoms with Gasteiger partial charge < -0.3 is 9.80 Å². The van der Waals surface area contributed by atoms with Crippen LogP contribution in [0.15, 0.2) is 48.5 Å². The van der Waals surface area contributed by atoms with E-state index in [0.29, 0.717) is 50.3 Å². The number of piperazine rings is 1. The van der Waals surface area contributed by atoms with Gasteiger partial charge in [0.25, 0.3) is 0 Å². The lowest BCUT2D eigenvalue weighted by molar-refractivity contribution is -0.129. The molecule has 2 aromatic carbocycles. The molecule has 7 nitrogen and oxygen atoms in total. The minimum atomic E-state index is -4.04. The molecule has 2 aromatic rings. The molecule has 9 heteroatoms. The van der Waals surface area contributed by atoms with Crippen LogP contribution in [0.3, 0.4) is 0 Å². The summed E-state index contributed by atoms with van der Waals surface area (Å²) in [7, 11) is -4.04. The first-order valence-electron chi connectivity index (χ1n) is 10.8. The van der Waals surface area contributed by atoms with Crippen molar-refractivity contribution in [2.45, 2.75) is 38.2 Å². The Hall–Kier alpha value is -2.65. The van der Waals surface area contributed by atoms with Crippen LogP contribution in [0, 0.1) is 5.82 Å². The van der Waals surface area contributed by atoms with Crippen molar-refractivity contribution in [2.75, 3.05) is 35.8 Å². The second-order valence-electron chi connectivity index (χ2n) is 8.49. The molecule has 0 radical (unpaired) electrons. The summed E-state index contributed by atoms with van der Waals surface area (Å²) >= 11 is 0. The van der Waals surface area contributed by atoms with E-state index in [1.165, 1.54) is 6.07 Å². The van der Waals surface area contributed by atoms with Gasteiger partial charge >= 0.3 is 10.3 Å². The Balaban J connectivity index is 1.43. The Bertz CT molecular complexity index is 1070. The zero-order valence-electron chi connectivity index (χ0n) is 18.1. The summed E-state index contributed by atoms with van der Waals surface area (Å²) in [4.78, 5) is 15.3. The second kappa shape index (κ2) is 9.07. The lowest BCUT2D eigenvalue weighted by Crippen LogP contribution is -2.48. The van der Waals surface area contributed by atoms with Gasteiger partial charge in [-0.1, -0.05) is 24.3 Å². The normalized spacial score (nSPS) is 18.2. The zero-order valence-corrected chi connectivity index (χ0v) is 18.9. The van der Waals surface area contributed by atoms with Crippen LogP contribution in [-0.2, 0) is 25.7 Å². The van der Waals surface area contributed by atoms with E-state index < -0.39 is 15.9 Å². The molecular weight excluding hydrogens is 433 g/mol. The predicted molar refractivity (Wildman–Crippen MR) is 121 cm³/mol. The van der Waals surface area contributed by atoms with Crippen LogP contribution in [0.1, 0.15) is 31.7 Å². The van der Waals surface area contributed by atoms with Crippen molar-refractivity contribution < 1.29 is 21.8 Å². The maximum absolute atomic E-state index is 15.0. The van der Waals surface area contributed by atoms with Gasteiger partial charge in [0.15, 0.2) is 0 Å². The van der Waals surface area contributed by atoms with Gasteiger partial charge in [-0.2, -0.15) is 8.42 Å². The van der Waals surface area contributed by atoms with Gasteiger partial charge in [-0.05, 0) is 49.1 Å². The Morgan fingerprint density at radius 2 is 1.78 bits per heavy atom. The van der Waals surface area contributed by atoms with Crippen molar-refractivity contribution in [1.29, 1.82) is 0 Å². The molecule has 1 N–H and O–H groups in total. The molecule has 4 rings (SSSR count). The van der Waals surface area contributed by atoms with E-state index in [0.717, 1.165) is 12.1 Å². The first-order valence-corrected chi connectivity index (χ1v) is 12.2. The third-order valence-corrected chi connectivity index (χ3v) is 7.27. The average molecular weight is 462 g/mol. The standard InChI is InChI=1S/C23H28FN3O4S/c1-18(28)26-12-14-27(15-13-26)21-9-8-19(22(24)16-21)17-23(10-5-11-23)31-32(29,30)25-20-6-3-2-4-7-20/h2-4,6-9,16,25H,5,10-15,17H2,1H3. The number of rotatable bonds is 7. The minimum Gasteiger partial charge on any atom is -0.368 e. The molecule has 0 bridgehead atoms. The van der Waals surface area contributed by atoms with E-state index >= 15 is 0 Å². The molecule has 32 heavy (non-hydrogen) atoms. The van der Waals surface area contributed by atoms with Gasteiger partial charge in [0.2, 0.25) is 5.91 Å². The number of benzene rings is 2. The molecule has 1 heterocycles. The highest BCUT2D eigenvalue weighted by Gasteiger charge is 2.43. The molecule has 2 fully saturated rings. The van der Waals surface area contributed by atoms with Gasteiger partial charge in [0, 0.05) is 45.2 Å². The van der Waals surface area contributed by atoms with Gasteiger partial charge in [-0.15, -0.1) is 0 Å². The molecule has 1 saturated carbocycles. The molecule has 0 spiro atoms. The smallest absolute Gasteiger partial charge is 0.360 e. The molecule has 0 aromatic heterocycles. The number of hydrogen-bond donors (Lipinski definition) is 1. The van der Waals surface area contributed by atoms with E-state index in [1.54, 1.807) is 48.2 Å². The number of carbonyl (C=O) groups excluding carboxylic acids is 1. The molecule has 1 aliphatic carbocycles. The number of halogens is 1. The van der Waals surface area contributed by atoms with Crippen LogP contribution < -0.4 is 9.62 Å². The third kappa shape index (κ3) is 5.21. The summed E-state index contributed by atoms with van der Waals surface area (Å²) in [5, 5.41) is 0. The largest absolute Gasteiger partial charge is 0.368 e. The van der Waals surface area contributed by atoms with E-state index in [4.69, 9.17) is 4.18 Å². The SMILES string of the molecule is CC(=O)N1CCN(c2ccc(CC3(OS(=O)(=O)Nc4ccccc4)CCC3)c(F)c2)CC1. The number of anilines is 2. The van der Waals surface area contributed by atoms with Gasteiger partial charge in [0.1, 0.15) is 5.82 Å². The molecule has 1 aliphatic heterocycles. The van der Waals surface area contributed by atoms with Crippen molar-refractivity contribution in [1.82, 2.24) is 4.90 Å². The highest BCUT2D eigenvalue weighted by atomic mass is 32.2. The third-order valence-electron chi connectivity index (χ3n) is 6.21. The number of nitrogens with one attached hydrogen (secondary N) is 1. The van der Waals surface area contributed by atoms with Gasteiger partial charge in [-0.3, -0.25) is 9.52 Å². The van der Waals surface area contributed by atoms with E-state index in [1.807, 2.05) is 6.07 Å². The van der Waals surface area contributed by atoms with E-state index in [-0.39, 0.29) is 18.1 Å². The molecular formula is C23H28FN3O4S. The summed E-state index contributed by atoms with van der Waals surface area (Å²) in [5.41, 5.74) is 0.681. The van der Waals surface area contributed by atoms with E-state index in [2.05, 4.69) is 9.62 Å². The van der Waals surface area contributed by atoms with Crippen molar-refractivity contribution >= 4 is 27.6 Å². The number of hydrogen-bond acceptors (Lipinski definition) is 5. The van der Waals surface area contributed by atoms with Crippen LogP contribution in [0.5, 0.6) is 0 Å². The number of nitrogens with zero attached hydrogens (tertiary/aromatic N) is 2. The fourth-order valence-corrected chi connectivity index (χ4v) is 5.43. The topological polar surface area (TPSA) is 79.0 Å². The molecule has 2 aliphatic rings. The monoisotopic (exact) mass is 461 g/mol. The van der Waals surface area contributed by atoms with Gasteiger partial charge in [0.05, 0.1) is 11.3 Å². The van der Waals surface area contributed by atoms with Crippen LogP contribution in [0.25, 0.3) is 0 Å².